The summed E-state index contributed by atoms with van der Waals surface area (Å²) in [4.78, 5) is 27.8. The molecule has 1 aliphatic heterocycles. The number of fused-ring (bicyclic) bond motifs is 1. The van der Waals surface area contributed by atoms with E-state index in [9.17, 15) is 18.0 Å². The minimum Gasteiger partial charge on any atom is -0.371 e. The molecule has 0 radical (unpaired) electrons. The summed E-state index contributed by atoms with van der Waals surface area (Å²) in [6, 6.07) is 12.1. The Morgan fingerprint density at radius 1 is 0.931 bits per heavy atom. The molecule has 0 atom stereocenters. The van der Waals surface area contributed by atoms with Gasteiger partial charge in [-0.1, -0.05) is 30.3 Å². The van der Waals surface area contributed by atoms with E-state index in [4.69, 9.17) is 5.14 Å². The summed E-state index contributed by atoms with van der Waals surface area (Å²) in [5, 5.41) is 5.23. The first kappa shape index (κ1) is 19.5. The highest BCUT2D eigenvalue weighted by molar-refractivity contribution is 7.89. The van der Waals surface area contributed by atoms with Crippen LogP contribution < -0.4 is 10.0 Å². The summed E-state index contributed by atoms with van der Waals surface area (Å²) in [6.45, 7) is 1.95. The van der Waals surface area contributed by atoms with Gasteiger partial charge in [-0.25, -0.2) is 13.6 Å². The van der Waals surface area contributed by atoms with Crippen LogP contribution in [0.5, 0.6) is 0 Å². The topological polar surface area (TPSA) is 97.5 Å². The van der Waals surface area contributed by atoms with Crippen LogP contribution >= 0.6 is 0 Å². The molecule has 2 N–H and O–H groups in total. The Bertz CT molecular complexity index is 1130. The number of hydrogen-bond acceptors (Lipinski definition) is 5. The number of sulfonamides is 1. The van der Waals surface area contributed by atoms with Crippen molar-refractivity contribution in [3.8, 4) is 0 Å². The van der Waals surface area contributed by atoms with Crippen LogP contribution in [0, 0.1) is 0 Å². The number of nitrogens with two attached hydrogens (primary N) is 1. The molecule has 4 rings (SSSR count). The molecule has 1 aliphatic carbocycles. The Kier molecular flexibility index (Phi) is 5.10. The summed E-state index contributed by atoms with van der Waals surface area (Å²) >= 11 is 0. The highest BCUT2D eigenvalue weighted by atomic mass is 32.2. The third kappa shape index (κ3) is 3.75. The van der Waals surface area contributed by atoms with Gasteiger partial charge in [0.15, 0.2) is 11.6 Å². The smallest absolute Gasteiger partial charge is 0.238 e. The van der Waals surface area contributed by atoms with E-state index in [-0.39, 0.29) is 21.8 Å². The van der Waals surface area contributed by atoms with E-state index in [0.29, 0.717) is 12.0 Å². The van der Waals surface area contributed by atoms with Gasteiger partial charge in [-0.2, -0.15) is 0 Å². The molecule has 0 unspecified atom stereocenters. The number of anilines is 1. The summed E-state index contributed by atoms with van der Waals surface area (Å²) < 4.78 is 23.7. The van der Waals surface area contributed by atoms with E-state index in [1.165, 1.54) is 30.7 Å². The molecule has 0 spiro atoms. The van der Waals surface area contributed by atoms with Gasteiger partial charge in [0.1, 0.15) is 0 Å². The molecule has 2 aromatic rings. The highest BCUT2D eigenvalue weighted by Gasteiger charge is 2.31. The molecule has 29 heavy (non-hydrogen) atoms. The van der Waals surface area contributed by atoms with Crippen LogP contribution in [-0.4, -0.2) is 33.1 Å². The van der Waals surface area contributed by atoms with Crippen molar-refractivity contribution >= 4 is 27.3 Å². The molecule has 0 saturated carbocycles. The number of primary sulfonamides is 1. The number of rotatable bonds is 4. The molecule has 0 amide bonds. The van der Waals surface area contributed by atoms with Crippen LogP contribution in [0.4, 0.5) is 5.69 Å². The van der Waals surface area contributed by atoms with Crippen molar-refractivity contribution in [1.29, 1.82) is 0 Å². The van der Waals surface area contributed by atoms with Crippen LogP contribution in [0.3, 0.4) is 0 Å². The zero-order valence-corrected chi connectivity index (χ0v) is 16.7. The number of Topliss-reactive ketones (excluding diaryl/α,β-unsaturated/α-hetero) is 1. The average molecular weight is 410 g/mol. The zero-order chi connectivity index (χ0) is 20.6. The Morgan fingerprint density at radius 3 is 2.38 bits per heavy atom. The number of carbonyl (C=O) groups is 2. The van der Waals surface area contributed by atoms with E-state index in [1.54, 1.807) is 0 Å². The summed E-state index contributed by atoms with van der Waals surface area (Å²) in [5.41, 5.74) is 2.38. The molecule has 2 aromatic carbocycles. The maximum Gasteiger partial charge on any atom is 0.238 e. The molecule has 7 heteroatoms. The molecular weight excluding hydrogens is 388 g/mol. The van der Waals surface area contributed by atoms with Gasteiger partial charge in [-0.3, -0.25) is 9.59 Å². The first-order valence-electron chi connectivity index (χ1n) is 9.64. The van der Waals surface area contributed by atoms with Crippen molar-refractivity contribution in [1.82, 2.24) is 0 Å². The van der Waals surface area contributed by atoms with Crippen molar-refractivity contribution in [3.63, 3.8) is 0 Å². The second-order valence-corrected chi connectivity index (χ2v) is 8.97. The lowest BCUT2D eigenvalue weighted by molar-refractivity contribution is 0.0980. The molecule has 1 saturated heterocycles. The Labute approximate surface area is 170 Å². The minimum atomic E-state index is -4.11. The zero-order valence-electron chi connectivity index (χ0n) is 15.9. The van der Waals surface area contributed by atoms with E-state index in [1.807, 2.05) is 24.3 Å². The third-order valence-corrected chi connectivity index (χ3v) is 6.44. The van der Waals surface area contributed by atoms with Gasteiger partial charge < -0.3 is 4.90 Å². The van der Waals surface area contributed by atoms with Crippen molar-refractivity contribution in [2.24, 2.45) is 5.14 Å². The largest absolute Gasteiger partial charge is 0.371 e. The second-order valence-electron chi connectivity index (χ2n) is 7.44. The fourth-order valence-corrected chi connectivity index (χ4v) is 4.88. The van der Waals surface area contributed by atoms with Gasteiger partial charge in [-0.15, -0.1) is 0 Å². The third-order valence-electron chi connectivity index (χ3n) is 5.49. The highest BCUT2D eigenvalue weighted by Crippen LogP contribution is 2.31. The van der Waals surface area contributed by atoms with Gasteiger partial charge in [0.25, 0.3) is 0 Å². The molecule has 0 aromatic heterocycles. The molecule has 1 heterocycles. The van der Waals surface area contributed by atoms with Crippen molar-refractivity contribution < 1.29 is 18.0 Å². The van der Waals surface area contributed by atoms with Crippen LogP contribution in [0.2, 0.25) is 0 Å². The van der Waals surface area contributed by atoms with E-state index >= 15 is 0 Å². The van der Waals surface area contributed by atoms with E-state index in [2.05, 4.69) is 4.90 Å². The Balaban J connectivity index is 1.70. The lowest BCUT2D eigenvalue weighted by Crippen LogP contribution is -2.30. The fraction of sp³-hybridized carbons (Fsp3) is 0.273. The predicted octanol–water partition coefficient (Wildman–Crippen LogP) is 2.87. The quantitative estimate of drug-likeness (QED) is 0.836. The van der Waals surface area contributed by atoms with Gasteiger partial charge in [0.2, 0.25) is 10.0 Å². The Morgan fingerprint density at radius 2 is 1.66 bits per heavy atom. The van der Waals surface area contributed by atoms with Gasteiger partial charge in [-0.05, 0) is 43.0 Å². The number of benzene rings is 2. The van der Waals surface area contributed by atoms with Crippen LogP contribution in [0.25, 0.3) is 0 Å². The molecular formula is C22H22N2O4S. The molecule has 150 valence electrons. The van der Waals surface area contributed by atoms with E-state index < -0.39 is 15.8 Å². The standard InChI is InChI=1S/C22H22N2O4S/c23-29(27,28)20-10-6-8-17-21(20)19(25)14-16(22(17)26)13-15-7-2-3-9-18(15)24-11-4-1-5-12-24/h2-3,6-10,14H,1,4-5,11-13H2,(H2,23,27,28). The SMILES string of the molecule is NS(=O)(=O)c1cccc2c1C(=O)C=C(Cc1ccccc1N1CCCCC1)C2=O. The van der Waals surface area contributed by atoms with Crippen molar-refractivity contribution in [2.45, 2.75) is 30.6 Å². The first-order valence-corrected chi connectivity index (χ1v) is 11.2. The molecule has 6 nitrogen and oxygen atoms in total. The molecule has 2 aliphatic rings. The normalized spacial score (nSPS) is 17.1. The van der Waals surface area contributed by atoms with Crippen LogP contribution in [-0.2, 0) is 16.4 Å². The van der Waals surface area contributed by atoms with E-state index in [0.717, 1.165) is 37.2 Å². The number of ketones is 2. The Hall–Kier alpha value is -2.77. The maximum absolute atomic E-state index is 13.1. The first-order chi connectivity index (χ1) is 13.9. The van der Waals surface area contributed by atoms with Crippen LogP contribution in [0.15, 0.2) is 59.0 Å². The lowest BCUT2D eigenvalue weighted by atomic mass is 9.86. The monoisotopic (exact) mass is 410 g/mol. The second kappa shape index (κ2) is 7.57. The number of allylic oxidation sites excluding steroid dienone is 2. The lowest BCUT2D eigenvalue weighted by Gasteiger charge is -2.31. The number of hydrogen-bond donors (Lipinski definition) is 1. The molecule has 1 fully saturated rings. The van der Waals surface area contributed by atoms with Crippen molar-refractivity contribution in [3.05, 3.63) is 70.8 Å². The van der Waals surface area contributed by atoms with Gasteiger partial charge in [0, 0.05) is 36.3 Å². The number of nitrogens with zero attached hydrogens (tertiary/aromatic N) is 1. The maximum atomic E-state index is 13.1. The number of para-hydroxylation sites is 1. The van der Waals surface area contributed by atoms with Crippen molar-refractivity contribution in [2.75, 3.05) is 18.0 Å². The van der Waals surface area contributed by atoms with Gasteiger partial charge >= 0.3 is 0 Å². The van der Waals surface area contributed by atoms with Crippen LogP contribution in [0.1, 0.15) is 45.5 Å². The summed E-state index contributed by atoms with van der Waals surface area (Å²) in [6.07, 6.45) is 5.07. The average Bonchev–Trinajstić information content (AvgIpc) is 2.72. The summed E-state index contributed by atoms with van der Waals surface area (Å²) in [5.74, 6) is -0.840. The minimum absolute atomic E-state index is 0.0921. The van der Waals surface area contributed by atoms with Gasteiger partial charge in [0.05, 0.1) is 10.5 Å². The molecule has 0 bridgehead atoms. The predicted molar refractivity (Wildman–Crippen MR) is 111 cm³/mol. The summed E-state index contributed by atoms with van der Waals surface area (Å²) in [7, 11) is -4.11. The fourth-order valence-electron chi connectivity index (χ4n) is 4.12. The number of piperidine rings is 1. The number of carbonyl (C=O) groups excluding carboxylic acids is 2.